The summed E-state index contributed by atoms with van der Waals surface area (Å²) in [6, 6.07) is 0. The molecule has 17 heavy (non-hydrogen) atoms. The standard InChI is InChI=1S/C11H15BrN2O2S/c1-5-6(2)16-7(3)9(5)10(15)14-11-13-4-8(12)17-11/h4-7,9H,1-3H3,(H,13,14,15). The molecular formula is C11H15BrN2O2S. The van der Waals surface area contributed by atoms with Gasteiger partial charge in [0.1, 0.15) is 0 Å². The molecule has 4 atom stereocenters. The van der Waals surface area contributed by atoms with E-state index in [1.807, 2.05) is 13.8 Å². The second-order valence-electron chi connectivity index (χ2n) is 4.39. The van der Waals surface area contributed by atoms with E-state index in [-0.39, 0.29) is 30.0 Å². The molecule has 1 aliphatic heterocycles. The molecule has 1 fully saturated rings. The zero-order valence-corrected chi connectivity index (χ0v) is 12.3. The fourth-order valence-corrected chi connectivity index (χ4v) is 3.33. The van der Waals surface area contributed by atoms with Gasteiger partial charge in [-0.1, -0.05) is 18.3 Å². The average molecular weight is 319 g/mol. The molecule has 6 heteroatoms. The van der Waals surface area contributed by atoms with Crippen molar-refractivity contribution in [3.63, 3.8) is 0 Å². The molecule has 2 rings (SSSR count). The van der Waals surface area contributed by atoms with Crippen LogP contribution in [0.1, 0.15) is 20.8 Å². The number of nitrogens with zero attached hydrogens (tertiary/aromatic N) is 1. The number of anilines is 1. The molecule has 2 heterocycles. The number of halogens is 1. The van der Waals surface area contributed by atoms with E-state index in [4.69, 9.17) is 4.74 Å². The van der Waals surface area contributed by atoms with Gasteiger partial charge < -0.3 is 10.1 Å². The van der Waals surface area contributed by atoms with Gasteiger partial charge in [0.25, 0.3) is 0 Å². The normalized spacial score (nSPS) is 32.7. The summed E-state index contributed by atoms with van der Waals surface area (Å²) in [5, 5.41) is 3.47. The van der Waals surface area contributed by atoms with Crippen LogP contribution in [0, 0.1) is 11.8 Å². The molecule has 1 aromatic rings. The number of ether oxygens (including phenoxy) is 1. The predicted molar refractivity (Wildman–Crippen MR) is 71.1 cm³/mol. The van der Waals surface area contributed by atoms with Crippen molar-refractivity contribution in [1.29, 1.82) is 0 Å². The van der Waals surface area contributed by atoms with Crippen molar-refractivity contribution in [1.82, 2.24) is 4.98 Å². The lowest BCUT2D eigenvalue weighted by atomic mass is 9.89. The van der Waals surface area contributed by atoms with Crippen molar-refractivity contribution in [2.45, 2.75) is 33.0 Å². The maximum absolute atomic E-state index is 12.2. The zero-order chi connectivity index (χ0) is 12.6. The fraction of sp³-hybridized carbons (Fsp3) is 0.636. The number of hydrogen-bond donors (Lipinski definition) is 1. The third kappa shape index (κ3) is 2.69. The minimum Gasteiger partial charge on any atom is -0.374 e. The third-order valence-electron chi connectivity index (χ3n) is 3.25. The maximum atomic E-state index is 12.2. The Morgan fingerprint density at radius 2 is 2.18 bits per heavy atom. The number of hydrogen-bond acceptors (Lipinski definition) is 4. The van der Waals surface area contributed by atoms with Crippen molar-refractivity contribution in [2.24, 2.45) is 11.8 Å². The molecule has 0 aliphatic carbocycles. The van der Waals surface area contributed by atoms with Crippen molar-refractivity contribution in [3.05, 3.63) is 9.98 Å². The summed E-state index contributed by atoms with van der Waals surface area (Å²) in [5.74, 6) is 0.122. The van der Waals surface area contributed by atoms with E-state index in [0.29, 0.717) is 5.13 Å². The molecule has 0 aromatic carbocycles. The van der Waals surface area contributed by atoms with Gasteiger partial charge in [-0.05, 0) is 35.7 Å². The van der Waals surface area contributed by atoms with E-state index in [2.05, 4.69) is 33.2 Å². The number of carbonyl (C=O) groups is 1. The van der Waals surface area contributed by atoms with Gasteiger partial charge in [-0.25, -0.2) is 4.98 Å². The number of aromatic nitrogens is 1. The van der Waals surface area contributed by atoms with E-state index >= 15 is 0 Å². The van der Waals surface area contributed by atoms with Crippen LogP contribution in [0.2, 0.25) is 0 Å². The van der Waals surface area contributed by atoms with Gasteiger partial charge in [-0.3, -0.25) is 4.79 Å². The van der Waals surface area contributed by atoms with E-state index in [1.165, 1.54) is 11.3 Å². The van der Waals surface area contributed by atoms with Gasteiger partial charge in [-0.2, -0.15) is 0 Å². The molecule has 4 unspecified atom stereocenters. The maximum Gasteiger partial charge on any atom is 0.232 e. The van der Waals surface area contributed by atoms with E-state index in [0.717, 1.165) is 3.79 Å². The Balaban J connectivity index is 2.05. The van der Waals surface area contributed by atoms with Crippen LogP contribution in [0.3, 0.4) is 0 Å². The predicted octanol–water partition coefficient (Wildman–Crippen LogP) is 2.90. The van der Waals surface area contributed by atoms with Gasteiger partial charge in [0, 0.05) is 0 Å². The van der Waals surface area contributed by atoms with Crippen molar-refractivity contribution in [2.75, 3.05) is 5.32 Å². The summed E-state index contributed by atoms with van der Waals surface area (Å²) in [4.78, 5) is 16.2. The Bertz CT molecular complexity index is 423. The highest BCUT2D eigenvalue weighted by Gasteiger charge is 2.41. The Morgan fingerprint density at radius 1 is 1.47 bits per heavy atom. The summed E-state index contributed by atoms with van der Waals surface area (Å²) < 4.78 is 6.57. The number of thiazole rings is 1. The lowest BCUT2D eigenvalue weighted by molar-refractivity contribution is -0.121. The Kier molecular flexibility index (Phi) is 3.85. The lowest BCUT2D eigenvalue weighted by Gasteiger charge is -2.16. The monoisotopic (exact) mass is 318 g/mol. The van der Waals surface area contributed by atoms with Crippen LogP contribution >= 0.6 is 27.3 Å². The van der Waals surface area contributed by atoms with Gasteiger partial charge in [0.2, 0.25) is 5.91 Å². The largest absolute Gasteiger partial charge is 0.374 e. The summed E-state index contributed by atoms with van der Waals surface area (Å²) in [7, 11) is 0. The summed E-state index contributed by atoms with van der Waals surface area (Å²) in [6.07, 6.45) is 1.77. The number of carbonyl (C=O) groups excluding carboxylic acids is 1. The number of amides is 1. The third-order valence-corrected chi connectivity index (χ3v) is 4.64. The number of rotatable bonds is 2. The second-order valence-corrected chi connectivity index (χ2v) is 6.80. The first-order valence-electron chi connectivity index (χ1n) is 5.56. The molecule has 1 N–H and O–H groups in total. The first-order chi connectivity index (χ1) is 7.99. The second kappa shape index (κ2) is 5.04. The molecular weight excluding hydrogens is 304 g/mol. The first-order valence-corrected chi connectivity index (χ1v) is 7.17. The van der Waals surface area contributed by atoms with Gasteiger partial charge in [-0.15, -0.1) is 0 Å². The van der Waals surface area contributed by atoms with Crippen LogP contribution in [0.25, 0.3) is 0 Å². The zero-order valence-electron chi connectivity index (χ0n) is 9.94. The van der Waals surface area contributed by atoms with E-state index < -0.39 is 0 Å². The van der Waals surface area contributed by atoms with Gasteiger partial charge >= 0.3 is 0 Å². The Labute approximate surface area is 113 Å². The van der Waals surface area contributed by atoms with Crippen molar-refractivity contribution >= 4 is 38.3 Å². The Hall–Kier alpha value is -0.460. The van der Waals surface area contributed by atoms with Crippen LogP contribution in [-0.2, 0) is 9.53 Å². The van der Waals surface area contributed by atoms with Crippen LogP contribution in [-0.4, -0.2) is 23.1 Å². The van der Waals surface area contributed by atoms with E-state index in [1.54, 1.807) is 6.20 Å². The molecule has 1 amide bonds. The average Bonchev–Trinajstić information content (AvgIpc) is 2.73. The number of nitrogens with one attached hydrogen (secondary N) is 1. The highest BCUT2D eigenvalue weighted by molar-refractivity contribution is 9.11. The van der Waals surface area contributed by atoms with E-state index in [9.17, 15) is 4.79 Å². The molecule has 0 saturated carbocycles. The molecule has 1 saturated heterocycles. The highest BCUT2D eigenvalue weighted by atomic mass is 79.9. The van der Waals surface area contributed by atoms with Crippen LogP contribution < -0.4 is 5.32 Å². The van der Waals surface area contributed by atoms with Gasteiger partial charge in [0.05, 0.1) is 28.1 Å². The molecule has 1 aliphatic rings. The molecule has 1 aromatic heterocycles. The topological polar surface area (TPSA) is 51.2 Å². The van der Waals surface area contributed by atoms with Gasteiger partial charge in [0.15, 0.2) is 5.13 Å². The highest BCUT2D eigenvalue weighted by Crippen LogP contribution is 2.33. The smallest absolute Gasteiger partial charge is 0.232 e. The minimum atomic E-state index is -0.104. The van der Waals surface area contributed by atoms with Crippen LogP contribution in [0.5, 0.6) is 0 Å². The lowest BCUT2D eigenvalue weighted by Crippen LogP contribution is -2.31. The summed E-state index contributed by atoms with van der Waals surface area (Å²) in [6.45, 7) is 6.01. The summed E-state index contributed by atoms with van der Waals surface area (Å²) in [5.41, 5.74) is 0. The summed E-state index contributed by atoms with van der Waals surface area (Å²) >= 11 is 4.73. The first kappa shape index (κ1) is 13.0. The SMILES string of the molecule is CC1OC(C)C(C(=O)Nc2ncc(Br)s2)C1C. The van der Waals surface area contributed by atoms with Crippen LogP contribution in [0.4, 0.5) is 5.13 Å². The van der Waals surface area contributed by atoms with Crippen molar-refractivity contribution < 1.29 is 9.53 Å². The molecule has 0 spiro atoms. The fourth-order valence-electron chi connectivity index (χ4n) is 2.22. The van der Waals surface area contributed by atoms with Crippen molar-refractivity contribution in [3.8, 4) is 0 Å². The van der Waals surface area contributed by atoms with Crippen LogP contribution in [0.15, 0.2) is 9.98 Å². The molecule has 94 valence electrons. The molecule has 0 bridgehead atoms. The Morgan fingerprint density at radius 3 is 2.65 bits per heavy atom. The quantitative estimate of drug-likeness (QED) is 0.912. The minimum absolute atomic E-state index is 0.00352. The molecule has 4 nitrogen and oxygen atoms in total. The molecule has 0 radical (unpaired) electrons.